The second-order valence-electron chi connectivity index (χ2n) is 10.1. The van der Waals surface area contributed by atoms with E-state index >= 15 is 0 Å². The van der Waals surface area contributed by atoms with Gasteiger partial charge in [-0.25, -0.2) is 0 Å². The van der Waals surface area contributed by atoms with Crippen LogP contribution in [-0.2, 0) is 22.6 Å². The van der Waals surface area contributed by atoms with Gasteiger partial charge in [-0.05, 0) is 64.1 Å². The standard InChI is InChI=1S/C24H31N3O7/c1-26(2)9-10-5-6-14(28)16-12(10)7-11-8-13-18(27(3)4)20(30)17(23(25)33)22(32)24(13,34)21(31)15(11)19(16)29/h5-6,11,13,17-18,20,28,30-31,34H,7-9H2,1-4H3,(H2,25,33)/t11?,13?,17?,18?,20?,24-/m0/s1. The van der Waals surface area contributed by atoms with E-state index in [0.717, 1.165) is 5.56 Å². The first kappa shape index (κ1) is 24.3. The lowest BCUT2D eigenvalue weighted by molar-refractivity contribution is -0.178. The Balaban J connectivity index is 1.92. The maximum atomic E-state index is 13.6. The molecule has 3 aliphatic carbocycles. The van der Waals surface area contributed by atoms with Crippen molar-refractivity contribution in [2.75, 3.05) is 28.2 Å². The third-order valence-corrected chi connectivity index (χ3v) is 7.56. The van der Waals surface area contributed by atoms with Gasteiger partial charge in [-0.1, -0.05) is 6.07 Å². The van der Waals surface area contributed by atoms with E-state index < -0.39 is 58.7 Å². The average molecular weight is 474 g/mol. The second kappa shape index (κ2) is 8.16. The van der Waals surface area contributed by atoms with Crippen LogP contribution in [0.15, 0.2) is 23.5 Å². The summed E-state index contributed by atoms with van der Waals surface area (Å²) in [7, 11) is 7.03. The number of ketones is 2. The molecule has 184 valence electrons. The van der Waals surface area contributed by atoms with Crippen LogP contribution in [0.3, 0.4) is 0 Å². The topological polar surface area (TPSA) is 165 Å². The number of carbonyl (C=O) groups excluding carboxylic acids is 3. The van der Waals surface area contributed by atoms with E-state index in [1.807, 2.05) is 19.0 Å². The fourth-order valence-corrected chi connectivity index (χ4v) is 6.16. The van der Waals surface area contributed by atoms with Crippen LogP contribution in [0.1, 0.15) is 27.9 Å². The molecule has 1 aromatic carbocycles. The van der Waals surface area contributed by atoms with Gasteiger partial charge in [-0.15, -0.1) is 0 Å². The highest BCUT2D eigenvalue weighted by Gasteiger charge is 2.66. The number of primary amides is 1. The summed E-state index contributed by atoms with van der Waals surface area (Å²) in [4.78, 5) is 42.4. The number of nitrogens with two attached hydrogens (primary N) is 1. The lowest BCUT2D eigenvalue weighted by atomic mass is 9.56. The number of aliphatic hydroxyl groups excluding tert-OH is 2. The molecule has 1 saturated carbocycles. The number of hydrogen-bond donors (Lipinski definition) is 5. The maximum Gasteiger partial charge on any atom is 0.230 e. The average Bonchev–Trinajstić information content (AvgIpc) is 2.72. The molecule has 3 aliphatic rings. The molecule has 0 aliphatic heterocycles. The fourth-order valence-electron chi connectivity index (χ4n) is 6.16. The number of aliphatic hydroxyl groups is 3. The minimum atomic E-state index is -2.57. The highest BCUT2D eigenvalue weighted by molar-refractivity contribution is 6.15. The molecular formula is C24H31N3O7. The van der Waals surface area contributed by atoms with Crippen LogP contribution in [0.2, 0.25) is 0 Å². The molecule has 6 atom stereocenters. The van der Waals surface area contributed by atoms with E-state index in [9.17, 15) is 34.8 Å². The smallest absolute Gasteiger partial charge is 0.230 e. The normalized spacial score (nSPS) is 33.1. The predicted molar refractivity (Wildman–Crippen MR) is 121 cm³/mol. The summed E-state index contributed by atoms with van der Waals surface area (Å²) in [5.41, 5.74) is 4.22. The second-order valence-corrected chi connectivity index (χ2v) is 10.1. The number of fused-ring (bicyclic) bond motifs is 3. The van der Waals surface area contributed by atoms with Crippen molar-refractivity contribution in [1.29, 1.82) is 0 Å². The van der Waals surface area contributed by atoms with Crippen LogP contribution in [0.5, 0.6) is 5.75 Å². The Morgan fingerprint density at radius 1 is 1.18 bits per heavy atom. The van der Waals surface area contributed by atoms with Gasteiger partial charge >= 0.3 is 0 Å². The van der Waals surface area contributed by atoms with E-state index in [1.54, 1.807) is 25.1 Å². The molecule has 0 bridgehead atoms. The molecule has 6 N–H and O–H groups in total. The van der Waals surface area contributed by atoms with Crippen molar-refractivity contribution in [3.63, 3.8) is 0 Å². The van der Waals surface area contributed by atoms with Crippen molar-refractivity contribution in [2.45, 2.75) is 37.1 Å². The monoisotopic (exact) mass is 473 g/mol. The third kappa shape index (κ3) is 3.28. The Bertz CT molecular complexity index is 1110. The number of allylic oxidation sites excluding steroid dienone is 1. The van der Waals surface area contributed by atoms with Crippen LogP contribution in [0.25, 0.3) is 0 Å². The highest BCUT2D eigenvalue weighted by Crippen LogP contribution is 2.52. The van der Waals surface area contributed by atoms with Crippen LogP contribution >= 0.6 is 0 Å². The first-order chi connectivity index (χ1) is 15.8. The summed E-state index contributed by atoms with van der Waals surface area (Å²) < 4.78 is 0. The summed E-state index contributed by atoms with van der Waals surface area (Å²) in [6.07, 6.45) is -1.08. The van der Waals surface area contributed by atoms with Crippen molar-refractivity contribution >= 4 is 17.5 Å². The van der Waals surface area contributed by atoms with E-state index in [-0.39, 0.29) is 23.3 Å². The Kier molecular flexibility index (Phi) is 5.84. The summed E-state index contributed by atoms with van der Waals surface area (Å²) in [6.45, 7) is 0.527. The number of likely N-dealkylation sites (N-methyl/N-ethyl adjacent to an activating group) is 1. The van der Waals surface area contributed by atoms with Gasteiger partial charge in [0.25, 0.3) is 0 Å². The summed E-state index contributed by atoms with van der Waals surface area (Å²) in [5, 5.41) is 44.3. The van der Waals surface area contributed by atoms with Gasteiger partial charge in [0.05, 0.1) is 11.7 Å². The van der Waals surface area contributed by atoms with Gasteiger partial charge in [0.1, 0.15) is 17.4 Å². The molecule has 4 rings (SSSR count). The quantitative estimate of drug-likeness (QED) is 0.357. The number of carbonyl (C=O) groups is 3. The first-order valence-corrected chi connectivity index (χ1v) is 11.2. The largest absolute Gasteiger partial charge is 0.508 e. The number of phenols is 1. The van der Waals surface area contributed by atoms with E-state index in [0.29, 0.717) is 18.5 Å². The number of amides is 1. The van der Waals surface area contributed by atoms with Crippen LogP contribution in [0, 0.1) is 17.8 Å². The molecule has 0 spiro atoms. The van der Waals surface area contributed by atoms with Gasteiger partial charge in [0, 0.05) is 24.1 Å². The zero-order valence-electron chi connectivity index (χ0n) is 19.6. The number of aromatic hydroxyl groups is 1. The molecule has 0 saturated heterocycles. The zero-order chi connectivity index (χ0) is 25.3. The summed E-state index contributed by atoms with van der Waals surface area (Å²) in [5.74, 6) is -7.27. The molecule has 0 radical (unpaired) electrons. The molecule has 0 heterocycles. The molecule has 1 amide bonds. The van der Waals surface area contributed by atoms with Crippen LogP contribution in [-0.4, -0.2) is 93.6 Å². The van der Waals surface area contributed by atoms with Crippen molar-refractivity contribution in [2.24, 2.45) is 23.5 Å². The minimum absolute atomic E-state index is 0.0399. The SMILES string of the molecule is CN(C)Cc1ccc(O)c2c1CC1CC3C(N(C)C)C(O)C(C(N)=O)C(=O)[C@@]3(O)C(O)=C1C2=O. The van der Waals surface area contributed by atoms with E-state index in [2.05, 4.69) is 0 Å². The minimum Gasteiger partial charge on any atom is -0.508 e. The molecule has 1 aromatic rings. The van der Waals surface area contributed by atoms with Crippen molar-refractivity contribution in [3.8, 4) is 5.75 Å². The van der Waals surface area contributed by atoms with Gasteiger partial charge in [0.15, 0.2) is 17.2 Å². The third-order valence-electron chi connectivity index (χ3n) is 7.56. The number of phenolic OH excluding ortho intramolecular Hbond substituents is 1. The highest BCUT2D eigenvalue weighted by atomic mass is 16.3. The Hall–Kier alpha value is -2.79. The molecule has 1 fully saturated rings. The van der Waals surface area contributed by atoms with E-state index in [4.69, 9.17) is 5.73 Å². The van der Waals surface area contributed by atoms with Crippen LogP contribution in [0.4, 0.5) is 0 Å². The number of rotatable bonds is 4. The summed E-state index contributed by atoms with van der Waals surface area (Å²) in [6, 6.07) is 2.29. The van der Waals surface area contributed by atoms with Crippen LogP contribution < -0.4 is 5.73 Å². The fraction of sp³-hybridized carbons (Fsp3) is 0.542. The maximum absolute atomic E-state index is 13.6. The van der Waals surface area contributed by atoms with Crippen molar-refractivity contribution in [3.05, 3.63) is 40.2 Å². The van der Waals surface area contributed by atoms with Crippen molar-refractivity contribution in [1.82, 2.24) is 9.80 Å². The number of hydrogen-bond acceptors (Lipinski definition) is 9. The van der Waals surface area contributed by atoms with Gasteiger partial charge in [-0.3, -0.25) is 14.4 Å². The van der Waals surface area contributed by atoms with E-state index in [1.165, 1.54) is 6.07 Å². The molecule has 10 heteroatoms. The number of benzene rings is 1. The number of nitrogens with zero attached hydrogens (tertiary/aromatic N) is 2. The zero-order valence-corrected chi connectivity index (χ0v) is 19.6. The molecule has 10 nitrogen and oxygen atoms in total. The first-order valence-electron chi connectivity index (χ1n) is 11.2. The Morgan fingerprint density at radius 2 is 1.82 bits per heavy atom. The van der Waals surface area contributed by atoms with Gasteiger partial charge in [-0.2, -0.15) is 0 Å². The Morgan fingerprint density at radius 3 is 2.38 bits per heavy atom. The number of Topliss-reactive ketones (excluding diaryl/α,β-unsaturated/α-hetero) is 2. The Labute approximate surface area is 197 Å². The van der Waals surface area contributed by atoms with Crippen molar-refractivity contribution < 1.29 is 34.8 Å². The predicted octanol–water partition coefficient (Wildman–Crippen LogP) is -0.653. The molecular weight excluding hydrogens is 442 g/mol. The molecule has 34 heavy (non-hydrogen) atoms. The summed E-state index contributed by atoms with van der Waals surface area (Å²) >= 11 is 0. The van der Waals surface area contributed by atoms with Gasteiger partial charge in [0.2, 0.25) is 5.91 Å². The molecule has 5 unspecified atom stereocenters. The lowest BCUT2D eigenvalue weighted by Crippen LogP contribution is -2.71. The molecule has 0 aromatic heterocycles. The van der Waals surface area contributed by atoms with Gasteiger partial charge < -0.3 is 36.0 Å². The lowest BCUT2D eigenvalue weighted by Gasteiger charge is -2.53.